The summed E-state index contributed by atoms with van der Waals surface area (Å²) in [6.07, 6.45) is -2.75. The number of halogens is 3. The topological polar surface area (TPSA) is 24.3 Å². The van der Waals surface area contributed by atoms with Gasteiger partial charge in [-0.05, 0) is 121 Å². The first-order valence-corrected chi connectivity index (χ1v) is 24.8. The molecule has 8 aromatic rings. The van der Waals surface area contributed by atoms with Crippen molar-refractivity contribution in [2.24, 2.45) is 0 Å². The third-order valence-corrected chi connectivity index (χ3v) is 14.3. The van der Waals surface area contributed by atoms with Crippen LogP contribution < -0.4 is 9.80 Å². The molecule has 0 amide bonds. The number of pyridine rings is 1. The van der Waals surface area contributed by atoms with E-state index in [1.807, 2.05) is 22.8 Å². The zero-order chi connectivity index (χ0) is 50.4. The maximum absolute atomic E-state index is 14.5. The first-order chi connectivity index (χ1) is 32.8. The number of alkyl halides is 3. The van der Waals surface area contributed by atoms with E-state index in [0.717, 1.165) is 50.4 Å². The van der Waals surface area contributed by atoms with E-state index in [9.17, 15) is 13.2 Å². The Hall–Kier alpha value is -5.65. The summed E-state index contributed by atoms with van der Waals surface area (Å²) in [5.41, 5.74) is 14.1. The van der Waals surface area contributed by atoms with E-state index >= 15 is 0 Å². The van der Waals surface area contributed by atoms with E-state index < -0.39 is 17.2 Å². The monoisotopic (exact) mass is 1130 g/mol. The first kappa shape index (κ1) is 51.7. The minimum atomic E-state index is -4.53. The molecule has 71 heavy (non-hydrogen) atoms. The average Bonchev–Trinajstić information content (AvgIpc) is 3.86. The molecule has 9 rings (SSSR count). The second kappa shape index (κ2) is 18.8. The second-order valence-corrected chi connectivity index (χ2v) is 22.8. The molecule has 0 N–H and O–H groups in total. The van der Waals surface area contributed by atoms with Crippen molar-refractivity contribution in [1.82, 2.24) is 9.55 Å². The molecule has 0 spiro atoms. The van der Waals surface area contributed by atoms with Crippen LogP contribution in [0.4, 0.5) is 35.9 Å². The van der Waals surface area contributed by atoms with Crippen molar-refractivity contribution in [2.75, 3.05) is 9.80 Å². The molecule has 0 saturated heterocycles. The van der Waals surface area contributed by atoms with Crippen molar-refractivity contribution in [3.8, 4) is 16.9 Å². The van der Waals surface area contributed by atoms with Crippen molar-refractivity contribution in [1.29, 1.82) is 0 Å². The Kier molecular flexibility index (Phi) is 13.7. The Bertz CT molecular complexity index is 3230. The van der Waals surface area contributed by atoms with Gasteiger partial charge in [0.25, 0.3) is 0 Å². The number of anilines is 4. The van der Waals surface area contributed by atoms with Crippen LogP contribution in [0.15, 0.2) is 121 Å². The van der Waals surface area contributed by atoms with E-state index in [1.165, 1.54) is 39.9 Å². The van der Waals surface area contributed by atoms with Crippen LogP contribution in [-0.2, 0) is 43.5 Å². The molecule has 0 aliphatic carbocycles. The van der Waals surface area contributed by atoms with Crippen LogP contribution in [0, 0.1) is 18.8 Å². The number of fused-ring (bicyclic) bond motifs is 4. The Morgan fingerprint density at radius 3 is 1.73 bits per heavy atom. The van der Waals surface area contributed by atoms with Gasteiger partial charge in [-0.15, -0.1) is 17.7 Å². The van der Waals surface area contributed by atoms with E-state index in [0.29, 0.717) is 28.2 Å². The second-order valence-electron chi connectivity index (χ2n) is 22.8. The molecule has 8 heteroatoms. The summed E-state index contributed by atoms with van der Waals surface area (Å²) in [4.78, 5) is 9.42. The third kappa shape index (κ3) is 9.61. The Labute approximate surface area is 434 Å². The molecule has 1 aliphatic heterocycles. The van der Waals surface area contributed by atoms with Crippen LogP contribution in [0.2, 0.25) is 0 Å². The van der Waals surface area contributed by atoms with Crippen LogP contribution in [0.3, 0.4) is 0 Å². The van der Waals surface area contributed by atoms with Gasteiger partial charge in [-0.1, -0.05) is 145 Å². The normalized spacial score (nSPS) is 13.6. The van der Waals surface area contributed by atoms with Crippen LogP contribution in [0.25, 0.3) is 38.8 Å². The quantitative estimate of drug-likeness (QED) is 0.135. The van der Waals surface area contributed by atoms with E-state index in [-0.39, 0.29) is 43.7 Å². The standard InChI is InChI=1S/C63H66F3N4.Pt/c1-38(2)42-28-52(39(3)4)59(53(29-42)40(5)6)41-26-27-67-58(30-41)70-56-35-44(22-24-50(56)51-25-23-45(36-57(51)70)63(64,65)66)62(13,14)43-18-17-19-48(32-43)68-37-69(55-21-16-15-20-54(55)68)49-33-46(60(7,8)9)31-47(34-49)61(10,11)12;/h15-31,33-34,36-40H,1-14H3;/q-3;. The molecule has 372 valence electrons. The first-order valence-electron chi connectivity index (χ1n) is 24.8. The van der Waals surface area contributed by atoms with E-state index in [1.54, 1.807) is 12.3 Å². The Morgan fingerprint density at radius 2 is 1.15 bits per heavy atom. The SMILES string of the molecule is CC(C)c1cc(C(C)C)c(-c2ccnc(-n3c4[c-]c(C(C)(C)c5[c-]c(N6[CH-]N(c7cc(C(C)(C)C)cc(C(C)(C)C)c7)c7ccccc76)ccc5)ccc4c4ccc(C(F)(F)F)cc43)c2)c(C(C)C)c1.[Pt]. The van der Waals surface area contributed by atoms with Gasteiger partial charge in [0.1, 0.15) is 5.82 Å². The number of nitrogens with zero attached hydrogens (tertiary/aromatic N) is 4. The van der Waals surface area contributed by atoms with Gasteiger partial charge in [-0.3, -0.25) is 0 Å². The zero-order valence-electron chi connectivity index (χ0n) is 43.6. The summed E-state index contributed by atoms with van der Waals surface area (Å²) in [6.45, 7) is 33.4. The van der Waals surface area contributed by atoms with E-state index in [2.05, 4.69) is 204 Å². The molecule has 0 unspecified atom stereocenters. The summed E-state index contributed by atoms with van der Waals surface area (Å²) in [5.74, 6) is 1.37. The molecule has 0 fully saturated rings. The third-order valence-electron chi connectivity index (χ3n) is 14.3. The molecule has 4 nitrogen and oxygen atoms in total. The Balaban J connectivity index is 0.00000676. The fourth-order valence-electron chi connectivity index (χ4n) is 9.94. The molecular weight excluding hydrogens is 1060 g/mol. The average molecular weight is 1130 g/mol. The summed E-state index contributed by atoms with van der Waals surface area (Å²) >= 11 is 0. The minimum Gasteiger partial charge on any atom is -0.493 e. The molecule has 1 aliphatic rings. The van der Waals surface area contributed by atoms with Crippen molar-refractivity contribution in [3.05, 3.63) is 185 Å². The van der Waals surface area contributed by atoms with Crippen molar-refractivity contribution in [2.45, 2.75) is 137 Å². The number of hydrogen-bond acceptors (Lipinski definition) is 3. The molecule has 2 aromatic heterocycles. The molecule has 0 saturated carbocycles. The summed E-state index contributed by atoms with van der Waals surface area (Å²) in [6, 6.07) is 46.2. The maximum Gasteiger partial charge on any atom is 0.416 e. The van der Waals surface area contributed by atoms with Crippen molar-refractivity contribution < 1.29 is 34.2 Å². The van der Waals surface area contributed by atoms with Gasteiger partial charge in [0.2, 0.25) is 0 Å². The van der Waals surface area contributed by atoms with Gasteiger partial charge < -0.3 is 14.4 Å². The maximum atomic E-state index is 14.5. The van der Waals surface area contributed by atoms with Crippen LogP contribution in [0.5, 0.6) is 0 Å². The van der Waals surface area contributed by atoms with E-state index in [4.69, 9.17) is 4.98 Å². The number of benzene rings is 6. The fraction of sp³-hybridized carbons (Fsp3) is 0.333. The van der Waals surface area contributed by atoms with Crippen molar-refractivity contribution >= 4 is 44.6 Å². The number of para-hydroxylation sites is 2. The summed E-state index contributed by atoms with van der Waals surface area (Å²) in [7, 11) is 0. The predicted molar refractivity (Wildman–Crippen MR) is 286 cm³/mol. The van der Waals surface area contributed by atoms with Crippen molar-refractivity contribution in [3.63, 3.8) is 0 Å². The molecular formula is C63H66F3N4Pt-3. The molecule has 0 atom stereocenters. The number of rotatable bonds is 9. The van der Waals surface area contributed by atoms with Gasteiger partial charge in [-0.2, -0.15) is 66.8 Å². The number of hydrogen-bond donors (Lipinski definition) is 0. The van der Waals surface area contributed by atoms with Gasteiger partial charge >= 0.3 is 6.18 Å². The van der Waals surface area contributed by atoms with Gasteiger partial charge in [0, 0.05) is 49.8 Å². The van der Waals surface area contributed by atoms with Crippen LogP contribution >= 0.6 is 0 Å². The minimum absolute atomic E-state index is 0. The largest absolute Gasteiger partial charge is 0.493 e. The fourth-order valence-corrected chi connectivity index (χ4v) is 9.94. The van der Waals surface area contributed by atoms with Gasteiger partial charge in [0.05, 0.1) is 5.56 Å². The molecule has 0 radical (unpaired) electrons. The summed E-state index contributed by atoms with van der Waals surface area (Å²) in [5, 5.41) is 1.50. The predicted octanol–water partition coefficient (Wildman–Crippen LogP) is 18.2. The zero-order valence-corrected chi connectivity index (χ0v) is 45.9. The molecule has 0 bridgehead atoms. The van der Waals surface area contributed by atoms with Crippen LogP contribution in [-0.4, -0.2) is 9.55 Å². The molecule has 6 aromatic carbocycles. The molecule has 3 heterocycles. The number of aromatic nitrogens is 2. The Morgan fingerprint density at radius 1 is 0.563 bits per heavy atom. The van der Waals surface area contributed by atoms with Gasteiger partial charge in [-0.25, -0.2) is 4.98 Å². The summed E-state index contributed by atoms with van der Waals surface area (Å²) < 4.78 is 45.5. The van der Waals surface area contributed by atoms with Gasteiger partial charge in [0.15, 0.2) is 0 Å². The van der Waals surface area contributed by atoms with Crippen LogP contribution in [0.1, 0.15) is 159 Å². The smallest absolute Gasteiger partial charge is 0.416 e.